The van der Waals surface area contributed by atoms with Crippen molar-refractivity contribution in [3.05, 3.63) is 0 Å². The molecule has 1 rings (SSSR count). The summed E-state index contributed by atoms with van der Waals surface area (Å²) in [6, 6.07) is -0.765. The van der Waals surface area contributed by atoms with Gasteiger partial charge in [-0.3, -0.25) is 24.0 Å². The summed E-state index contributed by atoms with van der Waals surface area (Å²) < 4.78 is 16.1. The molecular formula is C29H53N5O8. The largest absolute Gasteiger partial charge is 0.468 e. The Morgan fingerprint density at radius 2 is 1.67 bits per heavy atom. The van der Waals surface area contributed by atoms with Crippen LogP contribution in [0.5, 0.6) is 0 Å². The quantitative estimate of drug-likeness (QED) is 0.200. The molecule has 1 saturated heterocycles. The number of nitrogens with one attached hydrogen (secondary N) is 3. The monoisotopic (exact) mass is 599 g/mol. The fourth-order valence-corrected chi connectivity index (χ4v) is 5.33. The zero-order valence-electron chi connectivity index (χ0n) is 27.1. The van der Waals surface area contributed by atoms with Crippen molar-refractivity contribution < 1.29 is 38.2 Å². The highest BCUT2D eigenvalue weighted by Gasteiger charge is 2.42. The summed E-state index contributed by atoms with van der Waals surface area (Å²) in [7, 11) is 7.61. The van der Waals surface area contributed by atoms with Gasteiger partial charge in [0.1, 0.15) is 6.54 Å². The Morgan fingerprint density at radius 3 is 2.19 bits per heavy atom. The summed E-state index contributed by atoms with van der Waals surface area (Å²) in [5.74, 6) is -2.31. The number of hydrogen-bond acceptors (Lipinski definition) is 9. The van der Waals surface area contributed by atoms with Crippen molar-refractivity contribution in [1.82, 2.24) is 25.8 Å². The highest BCUT2D eigenvalue weighted by molar-refractivity contribution is 5.89. The van der Waals surface area contributed by atoms with Crippen LogP contribution >= 0.6 is 0 Å². The number of nitrogens with zero attached hydrogens (tertiary/aromatic N) is 2. The number of esters is 1. The third-order valence-electron chi connectivity index (χ3n) is 8.53. The van der Waals surface area contributed by atoms with E-state index in [4.69, 9.17) is 9.47 Å². The molecule has 4 unspecified atom stereocenters. The normalized spacial score (nSPS) is 18.8. The standard InChI is InChI=1S/C29H53N5O8/c1-11-18(2)25(33(7)23(36)16-32-28(39)29(4,5)30-6)21(40-8)15-22(35)34-14-12-13-20(34)26(42-10)19(3)27(38)31-17-24(37)41-9/h18-21,25-26,30H,11-17H2,1-10H3,(H,31,38)(H,32,39)/t18-,19?,20-,21?,25?,26?/m0/s1. The van der Waals surface area contributed by atoms with Crippen molar-refractivity contribution in [3.63, 3.8) is 0 Å². The predicted molar refractivity (Wildman–Crippen MR) is 157 cm³/mol. The molecule has 13 nitrogen and oxygen atoms in total. The summed E-state index contributed by atoms with van der Waals surface area (Å²) in [4.78, 5) is 66.9. The van der Waals surface area contributed by atoms with E-state index in [1.807, 2.05) is 13.8 Å². The van der Waals surface area contributed by atoms with Gasteiger partial charge in [-0.1, -0.05) is 27.2 Å². The first-order chi connectivity index (χ1) is 19.7. The fourth-order valence-electron chi connectivity index (χ4n) is 5.33. The summed E-state index contributed by atoms with van der Waals surface area (Å²) in [5.41, 5.74) is -0.831. The molecule has 0 aromatic carbocycles. The minimum Gasteiger partial charge on any atom is -0.468 e. The second-order valence-electron chi connectivity index (χ2n) is 11.5. The van der Waals surface area contributed by atoms with Crippen LogP contribution in [0.1, 0.15) is 60.3 Å². The summed E-state index contributed by atoms with van der Waals surface area (Å²) in [6.07, 6.45) is 0.986. The minimum atomic E-state index is -0.831. The maximum absolute atomic E-state index is 13.7. The van der Waals surface area contributed by atoms with Crippen LogP contribution in [-0.2, 0) is 38.2 Å². The van der Waals surface area contributed by atoms with E-state index in [0.717, 1.165) is 12.8 Å². The molecule has 0 aliphatic carbocycles. The molecule has 6 atom stereocenters. The molecule has 0 aromatic rings. The molecule has 1 heterocycles. The van der Waals surface area contributed by atoms with E-state index in [1.54, 1.807) is 44.7 Å². The van der Waals surface area contributed by atoms with Crippen molar-refractivity contribution >= 4 is 29.6 Å². The van der Waals surface area contributed by atoms with Gasteiger partial charge >= 0.3 is 5.97 Å². The lowest BCUT2D eigenvalue weighted by molar-refractivity contribution is -0.146. The Hall–Kier alpha value is -2.77. The number of likely N-dealkylation sites (tertiary alicyclic amines) is 1. The van der Waals surface area contributed by atoms with E-state index in [2.05, 4.69) is 20.7 Å². The van der Waals surface area contributed by atoms with E-state index in [0.29, 0.717) is 13.0 Å². The molecule has 3 N–H and O–H groups in total. The van der Waals surface area contributed by atoms with E-state index < -0.39 is 35.7 Å². The summed E-state index contributed by atoms with van der Waals surface area (Å²) in [5, 5.41) is 8.16. The Balaban J connectivity index is 3.05. The molecule has 0 saturated carbocycles. The fraction of sp³-hybridized carbons (Fsp3) is 0.828. The number of rotatable bonds is 17. The van der Waals surface area contributed by atoms with Crippen LogP contribution in [0.3, 0.4) is 0 Å². The molecular weight excluding hydrogens is 546 g/mol. The van der Waals surface area contributed by atoms with Crippen LogP contribution in [-0.4, -0.2) is 124 Å². The molecule has 13 heteroatoms. The third kappa shape index (κ3) is 9.91. The molecule has 0 radical (unpaired) electrons. The minimum absolute atomic E-state index is 0.000721. The first kappa shape index (κ1) is 37.3. The lowest BCUT2D eigenvalue weighted by atomic mass is 9.90. The predicted octanol–water partition coefficient (Wildman–Crippen LogP) is 0.310. The lowest BCUT2D eigenvalue weighted by Gasteiger charge is -2.39. The van der Waals surface area contributed by atoms with E-state index in [9.17, 15) is 24.0 Å². The number of methoxy groups -OCH3 is 3. The van der Waals surface area contributed by atoms with Gasteiger partial charge in [-0.05, 0) is 39.7 Å². The van der Waals surface area contributed by atoms with Gasteiger partial charge in [0.15, 0.2) is 0 Å². The molecule has 0 spiro atoms. The van der Waals surface area contributed by atoms with Crippen LogP contribution in [0, 0.1) is 11.8 Å². The third-order valence-corrected chi connectivity index (χ3v) is 8.53. The second kappa shape index (κ2) is 17.4. The smallest absolute Gasteiger partial charge is 0.325 e. The average Bonchev–Trinajstić information content (AvgIpc) is 3.47. The highest BCUT2D eigenvalue weighted by Crippen LogP contribution is 2.29. The van der Waals surface area contributed by atoms with Gasteiger partial charge in [-0.2, -0.15) is 0 Å². The number of carbonyl (C=O) groups excluding carboxylic acids is 5. The molecule has 1 fully saturated rings. The molecule has 242 valence electrons. The van der Waals surface area contributed by atoms with Crippen LogP contribution in [0.4, 0.5) is 0 Å². The van der Waals surface area contributed by atoms with Gasteiger partial charge in [0.25, 0.3) is 0 Å². The van der Waals surface area contributed by atoms with Crippen LogP contribution in [0.15, 0.2) is 0 Å². The molecule has 42 heavy (non-hydrogen) atoms. The van der Waals surface area contributed by atoms with Gasteiger partial charge in [-0.15, -0.1) is 0 Å². The van der Waals surface area contributed by atoms with Crippen molar-refractivity contribution in [2.75, 3.05) is 55.1 Å². The zero-order valence-corrected chi connectivity index (χ0v) is 27.1. The average molecular weight is 600 g/mol. The SMILES string of the molecule is CC[C@H](C)C(C(CC(=O)N1CCC[C@H]1C(OC)C(C)C(=O)NCC(=O)OC)OC)N(C)C(=O)CNC(=O)C(C)(C)NC. The van der Waals surface area contributed by atoms with Crippen molar-refractivity contribution in [2.45, 2.75) is 90.1 Å². The maximum Gasteiger partial charge on any atom is 0.325 e. The first-order valence-corrected chi connectivity index (χ1v) is 14.6. The highest BCUT2D eigenvalue weighted by atomic mass is 16.5. The van der Waals surface area contributed by atoms with Gasteiger partial charge in [0, 0.05) is 27.8 Å². The number of ether oxygens (including phenoxy) is 3. The number of hydrogen-bond donors (Lipinski definition) is 3. The zero-order chi connectivity index (χ0) is 32.2. The van der Waals surface area contributed by atoms with E-state index >= 15 is 0 Å². The molecule has 4 amide bonds. The van der Waals surface area contributed by atoms with Gasteiger partial charge in [0.05, 0.1) is 55.8 Å². The number of likely N-dealkylation sites (N-methyl/N-ethyl adjacent to an activating group) is 2. The lowest BCUT2D eigenvalue weighted by Crippen LogP contribution is -2.56. The number of carbonyl (C=O) groups is 5. The van der Waals surface area contributed by atoms with Crippen LogP contribution < -0.4 is 16.0 Å². The Bertz CT molecular complexity index is 930. The Morgan fingerprint density at radius 1 is 1.02 bits per heavy atom. The van der Waals surface area contributed by atoms with Gasteiger partial charge in [0.2, 0.25) is 23.6 Å². The maximum atomic E-state index is 13.7. The van der Waals surface area contributed by atoms with Crippen molar-refractivity contribution in [1.29, 1.82) is 0 Å². The molecule has 1 aliphatic rings. The molecule has 0 bridgehead atoms. The summed E-state index contributed by atoms with van der Waals surface area (Å²) >= 11 is 0. The van der Waals surface area contributed by atoms with Crippen LogP contribution in [0.2, 0.25) is 0 Å². The molecule has 1 aliphatic heterocycles. The van der Waals surface area contributed by atoms with Gasteiger partial charge in [-0.25, -0.2) is 0 Å². The number of amides is 4. The van der Waals surface area contributed by atoms with E-state index in [1.165, 1.54) is 21.3 Å². The first-order valence-electron chi connectivity index (χ1n) is 14.6. The topological polar surface area (TPSA) is 156 Å². The van der Waals surface area contributed by atoms with Gasteiger partial charge < -0.3 is 40.0 Å². The second-order valence-corrected chi connectivity index (χ2v) is 11.5. The van der Waals surface area contributed by atoms with E-state index in [-0.39, 0.29) is 55.1 Å². The van der Waals surface area contributed by atoms with Crippen LogP contribution in [0.25, 0.3) is 0 Å². The molecule has 0 aromatic heterocycles. The Kier molecular flexibility index (Phi) is 15.4. The van der Waals surface area contributed by atoms with Crippen molar-refractivity contribution in [3.8, 4) is 0 Å². The Labute approximate surface area is 250 Å². The summed E-state index contributed by atoms with van der Waals surface area (Å²) in [6.45, 7) is 9.23. The van der Waals surface area contributed by atoms with Crippen molar-refractivity contribution in [2.24, 2.45) is 11.8 Å².